The van der Waals surface area contributed by atoms with Crippen LogP contribution >= 0.6 is 0 Å². The predicted octanol–water partition coefficient (Wildman–Crippen LogP) is 2.85. The molecule has 0 saturated carbocycles. The number of likely N-dealkylation sites (tertiary alicyclic amines) is 1. The van der Waals surface area contributed by atoms with Crippen molar-refractivity contribution < 1.29 is 14.4 Å². The van der Waals surface area contributed by atoms with Crippen molar-refractivity contribution in [2.75, 3.05) is 17.7 Å². The van der Waals surface area contributed by atoms with E-state index in [2.05, 4.69) is 28.4 Å². The van der Waals surface area contributed by atoms with E-state index >= 15 is 0 Å². The Balaban J connectivity index is 1.59. The van der Waals surface area contributed by atoms with E-state index in [1.807, 2.05) is 25.1 Å². The monoisotopic (exact) mass is 503 g/mol. The largest absolute Gasteiger partial charge is 0.384 e. The summed E-state index contributed by atoms with van der Waals surface area (Å²) in [5, 5.41) is 7.11. The number of urea groups is 1. The number of rotatable bonds is 8. The van der Waals surface area contributed by atoms with Gasteiger partial charge in [-0.1, -0.05) is 38.1 Å². The van der Waals surface area contributed by atoms with E-state index < -0.39 is 23.9 Å². The maximum Gasteiger partial charge on any atom is 0.325 e. The number of carbonyl (C=O) groups excluding carboxylic acids is 3. The fourth-order valence-electron chi connectivity index (χ4n) is 4.71. The number of anilines is 2. The third-order valence-electron chi connectivity index (χ3n) is 6.86. The summed E-state index contributed by atoms with van der Waals surface area (Å²) < 4.78 is 1.59. The van der Waals surface area contributed by atoms with Gasteiger partial charge in [-0.15, -0.1) is 0 Å². The normalized spacial score (nSPS) is 17.7. The van der Waals surface area contributed by atoms with Gasteiger partial charge in [-0.05, 0) is 48.1 Å². The van der Waals surface area contributed by atoms with Gasteiger partial charge in [-0.3, -0.25) is 19.2 Å². The number of benzene rings is 1. The lowest BCUT2D eigenvalue weighted by Crippen LogP contribution is -2.70. The lowest BCUT2D eigenvalue weighted by atomic mass is 9.81. The lowest BCUT2D eigenvalue weighted by Gasteiger charge is -2.46. The molecular weight excluding hydrogens is 470 g/mol. The molecule has 10 heteroatoms. The van der Waals surface area contributed by atoms with Crippen LogP contribution in [-0.2, 0) is 29.5 Å². The number of hydrogen-bond donors (Lipinski definition) is 2. The Labute approximate surface area is 216 Å². The van der Waals surface area contributed by atoms with E-state index in [0.29, 0.717) is 17.9 Å². The first kappa shape index (κ1) is 25.9. The van der Waals surface area contributed by atoms with Crippen LogP contribution in [0, 0.1) is 5.92 Å². The second kappa shape index (κ2) is 10.8. The van der Waals surface area contributed by atoms with Crippen LogP contribution in [-0.4, -0.2) is 50.6 Å². The van der Waals surface area contributed by atoms with Crippen molar-refractivity contribution in [3.8, 4) is 0 Å². The highest BCUT2D eigenvalue weighted by molar-refractivity contribution is 6.12. The van der Waals surface area contributed by atoms with Crippen LogP contribution in [0.2, 0.25) is 0 Å². The van der Waals surface area contributed by atoms with Crippen molar-refractivity contribution in [1.29, 1.82) is 0 Å². The zero-order valence-electron chi connectivity index (χ0n) is 21.6. The second-order valence-corrected chi connectivity index (χ2v) is 9.33. The van der Waals surface area contributed by atoms with E-state index in [-0.39, 0.29) is 18.4 Å². The average molecular weight is 504 g/mol. The van der Waals surface area contributed by atoms with Crippen molar-refractivity contribution >= 4 is 29.4 Å². The molecule has 4 rings (SSSR count). The van der Waals surface area contributed by atoms with Crippen molar-refractivity contribution in [3.05, 3.63) is 71.7 Å². The summed E-state index contributed by atoms with van der Waals surface area (Å²) in [5.74, 6) is -1.14. The summed E-state index contributed by atoms with van der Waals surface area (Å²) in [6.45, 7) is 4.04. The minimum atomic E-state index is -0.966. The number of nitrogen functional groups attached to an aromatic ring is 1. The van der Waals surface area contributed by atoms with Crippen molar-refractivity contribution in [2.45, 2.75) is 45.2 Å². The van der Waals surface area contributed by atoms with E-state index in [9.17, 15) is 14.4 Å². The smallest absolute Gasteiger partial charge is 0.325 e. The molecule has 10 nitrogen and oxygen atoms in total. The number of carbonyl (C=O) groups is 3. The first-order chi connectivity index (χ1) is 17.7. The maximum atomic E-state index is 13.6. The molecule has 3 heterocycles. The number of nitrogens with zero attached hydrogens (tertiary/aromatic N) is 5. The molecule has 194 valence electrons. The number of nitrogens with one attached hydrogen (secondary N) is 1. The molecule has 1 fully saturated rings. The minimum Gasteiger partial charge on any atom is -0.384 e. The van der Waals surface area contributed by atoms with Gasteiger partial charge in [0.1, 0.15) is 11.9 Å². The quantitative estimate of drug-likeness (QED) is 0.455. The number of likely N-dealkylation sites (N-methyl/N-ethyl adjacent to an activating group) is 1. The first-order valence-electron chi connectivity index (χ1n) is 12.4. The molecule has 3 aromatic rings. The number of β-lactam (4-membered cyclic amide) rings is 1. The molecule has 1 unspecified atom stereocenters. The number of aryl methyl sites for hydroxylation is 2. The molecule has 0 spiro atoms. The summed E-state index contributed by atoms with van der Waals surface area (Å²) in [6, 6.07) is 9.61. The number of aromatic nitrogens is 3. The van der Waals surface area contributed by atoms with Gasteiger partial charge < -0.3 is 16.0 Å². The molecular formula is C27H33N7O3. The van der Waals surface area contributed by atoms with Gasteiger partial charge in [0.2, 0.25) is 5.91 Å². The first-order valence-corrected chi connectivity index (χ1v) is 12.4. The fraction of sp³-hybridized carbons (Fsp3) is 0.370. The molecule has 3 N–H and O–H groups in total. The number of hydrogen-bond acceptors (Lipinski definition) is 6. The molecule has 37 heavy (non-hydrogen) atoms. The van der Waals surface area contributed by atoms with Crippen LogP contribution in [0.25, 0.3) is 0 Å². The Bertz CT molecular complexity index is 1300. The fourth-order valence-corrected chi connectivity index (χ4v) is 4.71. The van der Waals surface area contributed by atoms with Crippen LogP contribution in [0.3, 0.4) is 0 Å². The molecule has 1 aromatic carbocycles. The molecule has 1 saturated heterocycles. The average Bonchev–Trinajstić information content (AvgIpc) is 3.34. The maximum absolute atomic E-state index is 13.6. The van der Waals surface area contributed by atoms with Crippen LogP contribution in [0.15, 0.2) is 55.0 Å². The lowest BCUT2D eigenvalue weighted by molar-refractivity contribution is -0.156. The molecule has 3 atom stereocenters. The molecule has 1 aliphatic heterocycles. The summed E-state index contributed by atoms with van der Waals surface area (Å²) in [5.41, 5.74) is 9.28. The molecule has 0 radical (unpaired) electrons. The molecule has 1 aliphatic rings. The summed E-state index contributed by atoms with van der Waals surface area (Å²) in [4.78, 5) is 46.9. The highest BCUT2D eigenvalue weighted by Crippen LogP contribution is 2.33. The van der Waals surface area contributed by atoms with Crippen LogP contribution in [0.5, 0.6) is 0 Å². The second-order valence-electron chi connectivity index (χ2n) is 9.33. The number of pyridine rings is 1. The SMILES string of the molecule is CCc1cccc(C(CC)NC(=O)N2C(=O)[C@H](Cc3ccnc(N)c3)[C@H]2C(=O)N(C)c2cnn(C)c2)c1. The molecule has 4 amide bonds. The van der Waals surface area contributed by atoms with Crippen LogP contribution < -0.4 is 16.0 Å². The van der Waals surface area contributed by atoms with Crippen LogP contribution in [0.4, 0.5) is 16.3 Å². The van der Waals surface area contributed by atoms with Crippen molar-refractivity contribution in [1.82, 2.24) is 25.0 Å². The topological polar surface area (TPSA) is 126 Å². The third kappa shape index (κ3) is 5.32. The molecule has 0 aliphatic carbocycles. The van der Waals surface area contributed by atoms with Gasteiger partial charge in [-0.2, -0.15) is 5.10 Å². The Morgan fingerprint density at radius 3 is 2.62 bits per heavy atom. The predicted molar refractivity (Wildman–Crippen MR) is 140 cm³/mol. The van der Waals surface area contributed by atoms with Gasteiger partial charge in [0.05, 0.1) is 23.8 Å². The Morgan fingerprint density at radius 2 is 1.97 bits per heavy atom. The zero-order chi connectivity index (χ0) is 26.7. The Morgan fingerprint density at radius 1 is 1.19 bits per heavy atom. The van der Waals surface area contributed by atoms with E-state index in [1.54, 1.807) is 49.5 Å². The van der Waals surface area contributed by atoms with E-state index in [0.717, 1.165) is 28.0 Å². The zero-order valence-corrected chi connectivity index (χ0v) is 21.6. The van der Waals surface area contributed by atoms with E-state index in [1.165, 1.54) is 4.90 Å². The molecule has 2 aromatic heterocycles. The number of amides is 4. The van der Waals surface area contributed by atoms with E-state index in [4.69, 9.17) is 5.73 Å². The van der Waals surface area contributed by atoms with Gasteiger partial charge in [0, 0.05) is 26.5 Å². The Hall–Kier alpha value is -4.21. The summed E-state index contributed by atoms with van der Waals surface area (Å²) in [7, 11) is 3.37. The highest BCUT2D eigenvalue weighted by atomic mass is 16.2. The minimum absolute atomic E-state index is 0.266. The highest BCUT2D eigenvalue weighted by Gasteiger charge is 2.55. The van der Waals surface area contributed by atoms with Crippen molar-refractivity contribution in [2.24, 2.45) is 13.0 Å². The standard InChI is InChI=1S/C27H33N7O3/c1-5-17-8-7-9-19(12-17)22(6-2)31-27(37)34-24(26(36)33(4)20-15-30-32(3)16-20)21(25(34)35)13-18-10-11-29-23(28)14-18/h7-12,14-16,21-22,24H,5-6,13H2,1-4H3,(H2,28,29)(H,31,37)/t21-,22?,24+/m1/s1. The van der Waals surface area contributed by atoms with Crippen molar-refractivity contribution in [3.63, 3.8) is 0 Å². The molecule has 0 bridgehead atoms. The van der Waals surface area contributed by atoms with Crippen LogP contribution in [0.1, 0.15) is 43.0 Å². The van der Waals surface area contributed by atoms with Gasteiger partial charge in [0.15, 0.2) is 0 Å². The Kier molecular flexibility index (Phi) is 7.56. The number of imide groups is 1. The van der Waals surface area contributed by atoms with Gasteiger partial charge in [-0.25, -0.2) is 9.78 Å². The number of nitrogens with two attached hydrogens (primary N) is 1. The van der Waals surface area contributed by atoms with Gasteiger partial charge >= 0.3 is 6.03 Å². The third-order valence-corrected chi connectivity index (χ3v) is 6.86. The summed E-state index contributed by atoms with van der Waals surface area (Å²) >= 11 is 0. The summed E-state index contributed by atoms with van der Waals surface area (Å²) in [6.07, 6.45) is 6.61. The van der Waals surface area contributed by atoms with Gasteiger partial charge in [0.25, 0.3) is 5.91 Å².